The molecule has 2 aromatic heterocycles. The van der Waals surface area contributed by atoms with Crippen molar-refractivity contribution in [1.29, 1.82) is 0 Å². The Hall–Kier alpha value is -1.40. The lowest BCUT2D eigenvalue weighted by Crippen LogP contribution is -2.45. The Bertz CT molecular complexity index is 673. The van der Waals surface area contributed by atoms with Gasteiger partial charge < -0.3 is 5.73 Å². The predicted molar refractivity (Wildman–Crippen MR) is 69.7 cm³/mol. The monoisotopic (exact) mass is 253 g/mol. The molecular weight excluding hydrogens is 238 g/mol. The van der Waals surface area contributed by atoms with Crippen LogP contribution in [0.15, 0.2) is 15.7 Å². The van der Waals surface area contributed by atoms with Crippen molar-refractivity contribution < 1.29 is 0 Å². The second-order valence-corrected chi connectivity index (χ2v) is 6.17. The fourth-order valence-electron chi connectivity index (χ4n) is 1.72. The highest BCUT2D eigenvalue weighted by molar-refractivity contribution is 7.18. The summed E-state index contributed by atoms with van der Waals surface area (Å²) in [6, 6.07) is 1.79. The van der Waals surface area contributed by atoms with Crippen LogP contribution in [0.1, 0.15) is 18.7 Å². The molecule has 2 rings (SSSR count). The number of aryl methyl sites for hydroxylation is 1. The topological polar surface area (TPSA) is 80.9 Å². The molecule has 0 saturated heterocycles. The number of fused-ring (bicyclic) bond motifs is 1. The van der Waals surface area contributed by atoms with E-state index in [2.05, 4.69) is 4.98 Å². The van der Waals surface area contributed by atoms with E-state index in [4.69, 9.17) is 5.73 Å². The van der Waals surface area contributed by atoms with Gasteiger partial charge in [-0.25, -0.2) is 4.79 Å². The fraction of sp³-hybridized carbons (Fsp3) is 0.455. The lowest BCUT2D eigenvalue weighted by Gasteiger charge is -2.18. The third-order valence-electron chi connectivity index (χ3n) is 2.36. The highest BCUT2D eigenvalue weighted by Crippen LogP contribution is 2.18. The van der Waals surface area contributed by atoms with Gasteiger partial charge in [-0.2, -0.15) is 0 Å². The van der Waals surface area contributed by atoms with Gasteiger partial charge in [-0.1, -0.05) is 0 Å². The molecule has 6 heteroatoms. The second-order valence-electron chi connectivity index (χ2n) is 4.91. The third-order valence-corrected chi connectivity index (χ3v) is 3.33. The first-order valence-electron chi connectivity index (χ1n) is 5.30. The fourth-order valence-corrected chi connectivity index (χ4v) is 2.61. The Morgan fingerprint density at radius 1 is 1.47 bits per heavy atom. The second kappa shape index (κ2) is 3.82. The number of H-pyrrole nitrogens is 1. The number of hydrogen-bond donors (Lipinski definition) is 2. The summed E-state index contributed by atoms with van der Waals surface area (Å²) < 4.78 is 1.16. The van der Waals surface area contributed by atoms with Gasteiger partial charge in [-0.3, -0.25) is 14.3 Å². The molecule has 0 aliphatic heterocycles. The zero-order chi connectivity index (χ0) is 12.8. The average molecular weight is 253 g/mol. The van der Waals surface area contributed by atoms with Crippen LogP contribution >= 0.6 is 11.3 Å². The van der Waals surface area contributed by atoms with Crippen LogP contribution in [-0.2, 0) is 6.54 Å². The van der Waals surface area contributed by atoms with Crippen LogP contribution in [0.25, 0.3) is 10.2 Å². The van der Waals surface area contributed by atoms with Gasteiger partial charge in [0.15, 0.2) is 0 Å². The summed E-state index contributed by atoms with van der Waals surface area (Å²) in [5.41, 5.74) is 4.57. The van der Waals surface area contributed by atoms with E-state index in [1.54, 1.807) is 19.9 Å². The Morgan fingerprint density at radius 2 is 2.12 bits per heavy atom. The van der Waals surface area contributed by atoms with E-state index >= 15 is 0 Å². The lowest BCUT2D eigenvalue weighted by molar-refractivity contribution is 0.417. The van der Waals surface area contributed by atoms with Crippen molar-refractivity contribution in [2.24, 2.45) is 5.73 Å². The molecule has 0 amide bonds. The van der Waals surface area contributed by atoms with Gasteiger partial charge in [-0.15, -0.1) is 11.3 Å². The number of rotatable bonds is 2. The molecule has 0 bridgehead atoms. The number of nitrogens with two attached hydrogens (primary N) is 1. The van der Waals surface area contributed by atoms with Crippen LogP contribution < -0.4 is 17.0 Å². The van der Waals surface area contributed by atoms with E-state index in [-0.39, 0.29) is 12.1 Å². The molecule has 0 radical (unpaired) electrons. The first-order valence-corrected chi connectivity index (χ1v) is 6.12. The average Bonchev–Trinajstić information content (AvgIpc) is 2.52. The van der Waals surface area contributed by atoms with Gasteiger partial charge in [-0.05, 0) is 26.8 Å². The molecule has 92 valence electrons. The molecule has 0 unspecified atom stereocenters. The van der Waals surface area contributed by atoms with Crippen LogP contribution in [-0.4, -0.2) is 15.1 Å². The summed E-state index contributed by atoms with van der Waals surface area (Å²) in [5.74, 6) is 0. The van der Waals surface area contributed by atoms with Crippen molar-refractivity contribution in [2.45, 2.75) is 32.9 Å². The van der Waals surface area contributed by atoms with Crippen molar-refractivity contribution in [3.8, 4) is 0 Å². The largest absolute Gasteiger partial charge is 0.329 e. The maximum Gasteiger partial charge on any atom is 0.329 e. The normalized spacial score (nSPS) is 12.2. The standard InChI is InChI=1S/C11H15N3O2S/c1-6-4-7-8(17-6)13-10(16)14(9(7)15)5-11(2,3)12/h4H,5,12H2,1-3H3,(H,13,16). The molecule has 5 nitrogen and oxygen atoms in total. The van der Waals surface area contributed by atoms with Gasteiger partial charge in [0.1, 0.15) is 4.83 Å². The van der Waals surface area contributed by atoms with E-state index in [1.165, 1.54) is 11.3 Å². The summed E-state index contributed by atoms with van der Waals surface area (Å²) in [4.78, 5) is 28.3. The summed E-state index contributed by atoms with van der Waals surface area (Å²) in [6.45, 7) is 5.66. The Morgan fingerprint density at radius 3 is 2.71 bits per heavy atom. The molecule has 0 saturated carbocycles. The summed E-state index contributed by atoms with van der Waals surface area (Å²) in [7, 11) is 0. The van der Waals surface area contributed by atoms with E-state index < -0.39 is 11.2 Å². The van der Waals surface area contributed by atoms with E-state index in [9.17, 15) is 9.59 Å². The predicted octanol–water partition coefficient (Wildman–Crippen LogP) is 0.797. The number of thiophene rings is 1. The molecule has 0 atom stereocenters. The molecule has 0 aliphatic rings. The van der Waals surface area contributed by atoms with Gasteiger partial charge in [0.25, 0.3) is 5.56 Å². The minimum absolute atomic E-state index is 0.200. The highest BCUT2D eigenvalue weighted by Gasteiger charge is 2.17. The van der Waals surface area contributed by atoms with Crippen molar-refractivity contribution in [1.82, 2.24) is 9.55 Å². The maximum absolute atomic E-state index is 12.1. The first-order chi connectivity index (χ1) is 7.78. The molecule has 0 spiro atoms. The van der Waals surface area contributed by atoms with Crippen LogP contribution in [0, 0.1) is 6.92 Å². The Kier molecular flexibility index (Phi) is 2.71. The van der Waals surface area contributed by atoms with Crippen molar-refractivity contribution >= 4 is 21.6 Å². The van der Waals surface area contributed by atoms with Crippen LogP contribution in [0.5, 0.6) is 0 Å². The Labute approximate surface area is 102 Å². The molecule has 0 fully saturated rings. The van der Waals surface area contributed by atoms with Crippen LogP contribution in [0.3, 0.4) is 0 Å². The number of aromatic amines is 1. The number of hydrogen-bond acceptors (Lipinski definition) is 4. The first kappa shape index (κ1) is 12.1. The number of nitrogens with one attached hydrogen (secondary N) is 1. The van der Waals surface area contributed by atoms with Crippen LogP contribution in [0.4, 0.5) is 0 Å². The van der Waals surface area contributed by atoms with E-state index in [0.29, 0.717) is 10.2 Å². The molecular formula is C11H15N3O2S. The lowest BCUT2D eigenvalue weighted by atomic mass is 10.1. The number of aromatic nitrogens is 2. The summed E-state index contributed by atoms with van der Waals surface area (Å²) in [6.07, 6.45) is 0. The van der Waals surface area contributed by atoms with Crippen molar-refractivity contribution in [2.75, 3.05) is 0 Å². The quantitative estimate of drug-likeness (QED) is 0.830. The minimum atomic E-state index is -0.602. The zero-order valence-corrected chi connectivity index (χ0v) is 10.9. The SMILES string of the molecule is Cc1cc2c(=O)n(CC(C)(C)N)c(=O)[nH]c2s1. The highest BCUT2D eigenvalue weighted by atomic mass is 32.1. The summed E-state index contributed by atoms with van der Waals surface area (Å²) >= 11 is 1.41. The molecule has 2 heterocycles. The number of nitrogens with zero attached hydrogens (tertiary/aromatic N) is 1. The van der Waals surface area contributed by atoms with Gasteiger partial charge in [0, 0.05) is 17.0 Å². The van der Waals surface area contributed by atoms with E-state index in [0.717, 1.165) is 9.44 Å². The summed E-state index contributed by atoms with van der Waals surface area (Å²) in [5, 5.41) is 0.552. The third kappa shape index (κ3) is 2.32. The van der Waals surface area contributed by atoms with Gasteiger partial charge in [0.2, 0.25) is 0 Å². The van der Waals surface area contributed by atoms with Crippen molar-refractivity contribution in [3.05, 3.63) is 31.8 Å². The molecule has 2 aromatic rings. The minimum Gasteiger partial charge on any atom is -0.324 e. The molecule has 3 N–H and O–H groups in total. The van der Waals surface area contributed by atoms with Crippen molar-refractivity contribution in [3.63, 3.8) is 0 Å². The van der Waals surface area contributed by atoms with Crippen LogP contribution in [0.2, 0.25) is 0 Å². The smallest absolute Gasteiger partial charge is 0.324 e. The molecule has 0 aromatic carbocycles. The molecule has 0 aliphatic carbocycles. The maximum atomic E-state index is 12.1. The Balaban J connectivity index is 2.72. The zero-order valence-electron chi connectivity index (χ0n) is 10.0. The van der Waals surface area contributed by atoms with E-state index in [1.807, 2.05) is 6.92 Å². The van der Waals surface area contributed by atoms with Gasteiger partial charge >= 0.3 is 5.69 Å². The van der Waals surface area contributed by atoms with Gasteiger partial charge in [0.05, 0.1) is 5.39 Å². The molecule has 17 heavy (non-hydrogen) atoms.